The van der Waals surface area contributed by atoms with Crippen LogP contribution in [-0.4, -0.2) is 15.0 Å². The van der Waals surface area contributed by atoms with Gasteiger partial charge in [0.15, 0.2) is 5.75 Å². The highest BCUT2D eigenvalue weighted by Gasteiger charge is 2.14. The largest absolute Gasteiger partial charge is 0.473 e. The highest BCUT2D eigenvalue weighted by molar-refractivity contribution is 5.98. The SMILES string of the molecule is N#Cc1cnc2cc(Oc3ccncc3)c(N)cc2c1Nc1ccc(OCc2ccccc2)nc1. The molecular formula is C27H20N6O2. The van der Waals surface area contributed by atoms with Crippen LogP contribution in [0.5, 0.6) is 17.4 Å². The van der Waals surface area contributed by atoms with Crippen LogP contribution >= 0.6 is 0 Å². The molecule has 0 aliphatic carbocycles. The van der Waals surface area contributed by atoms with Gasteiger partial charge < -0.3 is 20.5 Å². The lowest BCUT2D eigenvalue weighted by molar-refractivity contribution is 0.294. The number of hydrogen-bond donors (Lipinski definition) is 2. The van der Waals surface area contributed by atoms with E-state index in [1.54, 1.807) is 48.9 Å². The Morgan fingerprint density at radius 2 is 1.77 bits per heavy atom. The molecule has 170 valence electrons. The van der Waals surface area contributed by atoms with Crippen molar-refractivity contribution in [3.8, 4) is 23.4 Å². The normalized spacial score (nSPS) is 10.5. The summed E-state index contributed by atoms with van der Waals surface area (Å²) in [5, 5.41) is 13.6. The van der Waals surface area contributed by atoms with Gasteiger partial charge in [0.1, 0.15) is 18.4 Å². The molecule has 2 aromatic carbocycles. The summed E-state index contributed by atoms with van der Waals surface area (Å²) in [5.41, 5.74) is 10.0. The highest BCUT2D eigenvalue weighted by Crippen LogP contribution is 2.36. The van der Waals surface area contributed by atoms with Crippen molar-refractivity contribution in [3.05, 3.63) is 103 Å². The van der Waals surface area contributed by atoms with Gasteiger partial charge in [0.05, 0.1) is 34.3 Å². The van der Waals surface area contributed by atoms with Crippen LogP contribution in [0, 0.1) is 11.3 Å². The number of fused-ring (bicyclic) bond motifs is 1. The van der Waals surface area contributed by atoms with E-state index in [0.29, 0.717) is 57.5 Å². The summed E-state index contributed by atoms with van der Waals surface area (Å²) in [6, 6.07) is 22.6. The van der Waals surface area contributed by atoms with Crippen molar-refractivity contribution in [3.63, 3.8) is 0 Å². The van der Waals surface area contributed by atoms with Crippen LogP contribution in [0.25, 0.3) is 10.9 Å². The molecule has 35 heavy (non-hydrogen) atoms. The Morgan fingerprint density at radius 1 is 0.943 bits per heavy atom. The number of hydrogen-bond acceptors (Lipinski definition) is 8. The number of nitrogens with one attached hydrogen (secondary N) is 1. The quantitative estimate of drug-likeness (QED) is 0.302. The predicted molar refractivity (Wildman–Crippen MR) is 133 cm³/mol. The second-order valence-electron chi connectivity index (χ2n) is 7.64. The lowest BCUT2D eigenvalue weighted by Crippen LogP contribution is -2.00. The Labute approximate surface area is 201 Å². The van der Waals surface area contributed by atoms with E-state index in [1.807, 2.05) is 36.4 Å². The number of aromatic nitrogens is 3. The van der Waals surface area contributed by atoms with Gasteiger partial charge in [-0.15, -0.1) is 0 Å². The van der Waals surface area contributed by atoms with E-state index >= 15 is 0 Å². The molecule has 0 saturated carbocycles. The fraction of sp³-hybridized carbons (Fsp3) is 0.0370. The van der Waals surface area contributed by atoms with Crippen molar-refractivity contribution in [2.75, 3.05) is 11.1 Å². The van der Waals surface area contributed by atoms with Gasteiger partial charge in [0.2, 0.25) is 5.88 Å². The average Bonchev–Trinajstić information content (AvgIpc) is 2.90. The maximum atomic E-state index is 9.67. The van der Waals surface area contributed by atoms with Crippen LogP contribution < -0.4 is 20.5 Å². The van der Waals surface area contributed by atoms with E-state index in [4.69, 9.17) is 15.2 Å². The van der Waals surface area contributed by atoms with E-state index < -0.39 is 0 Å². The fourth-order valence-electron chi connectivity index (χ4n) is 3.49. The summed E-state index contributed by atoms with van der Waals surface area (Å²) in [7, 11) is 0. The van der Waals surface area contributed by atoms with E-state index in [1.165, 1.54) is 6.20 Å². The monoisotopic (exact) mass is 460 g/mol. The molecule has 3 N–H and O–H groups in total. The highest BCUT2D eigenvalue weighted by atomic mass is 16.5. The molecule has 5 rings (SSSR count). The third-order valence-corrected chi connectivity index (χ3v) is 5.23. The first-order valence-corrected chi connectivity index (χ1v) is 10.8. The fourth-order valence-corrected chi connectivity index (χ4v) is 3.49. The number of ether oxygens (including phenoxy) is 2. The first-order chi connectivity index (χ1) is 17.2. The summed E-state index contributed by atoms with van der Waals surface area (Å²) < 4.78 is 11.6. The molecule has 8 nitrogen and oxygen atoms in total. The van der Waals surface area contributed by atoms with Crippen LogP contribution in [0.2, 0.25) is 0 Å². The lowest BCUT2D eigenvalue weighted by Gasteiger charge is -2.14. The summed E-state index contributed by atoms with van der Waals surface area (Å²) in [6.45, 7) is 0.428. The topological polar surface area (TPSA) is 119 Å². The van der Waals surface area contributed by atoms with Crippen LogP contribution in [0.15, 0.2) is 91.5 Å². The minimum Gasteiger partial charge on any atom is -0.473 e. The molecule has 0 saturated heterocycles. The number of nitrogens with two attached hydrogens (primary N) is 1. The Balaban J connectivity index is 1.40. The zero-order chi connectivity index (χ0) is 24.0. The number of nitriles is 1. The molecule has 3 heterocycles. The van der Waals surface area contributed by atoms with Gasteiger partial charge in [0, 0.05) is 36.1 Å². The molecule has 0 aliphatic rings. The van der Waals surface area contributed by atoms with Crippen molar-refractivity contribution in [2.24, 2.45) is 0 Å². The van der Waals surface area contributed by atoms with E-state index in [2.05, 4.69) is 26.3 Å². The molecule has 0 spiro atoms. The van der Waals surface area contributed by atoms with Crippen molar-refractivity contribution in [1.29, 1.82) is 5.26 Å². The van der Waals surface area contributed by atoms with Crippen molar-refractivity contribution in [2.45, 2.75) is 6.61 Å². The van der Waals surface area contributed by atoms with Gasteiger partial charge in [0.25, 0.3) is 0 Å². The van der Waals surface area contributed by atoms with E-state index in [0.717, 1.165) is 5.56 Å². The van der Waals surface area contributed by atoms with E-state index in [9.17, 15) is 5.26 Å². The summed E-state index contributed by atoms with van der Waals surface area (Å²) >= 11 is 0. The third kappa shape index (κ3) is 4.94. The molecule has 0 atom stereocenters. The second-order valence-corrected chi connectivity index (χ2v) is 7.64. The Bertz CT molecular complexity index is 1500. The van der Waals surface area contributed by atoms with Crippen LogP contribution in [-0.2, 0) is 6.61 Å². The number of nitrogens with zero attached hydrogens (tertiary/aromatic N) is 4. The number of pyridine rings is 3. The van der Waals surface area contributed by atoms with Gasteiger partial charge in [-0.05, 0) is 29.8 Å². The number of anilines is 3. The molecule has 0 aliphatic heterocycles. The number of nitrogen functional groups attached to an aromatic ring is 1. The maximum absolute atomic E-state index is 9.67. The van der Waals surface area contributed by atoms with Gasteiger partial charge >= 0.3 is 0 Å². The molecule has 3 aromatic heterocycles. The summed E-state index contributed by atoms with van der Waals surface area (Å²) in [6.07, 6.45) is 6.44. The number of benzene rings is 2. The maximum Gasteiger partial charge on any atom is 0.213 e. The molecule has 0 bridgehead atoms. The first kappa shape index (κ1) is 21.7. The van der Waals surface area contributed by atoms with Gasteiger partial charge in [-0.25, -0.2) is 4.98 Å². The molecule has 5 aromatic rings. The number of rotatable bonds is 7. The van der Waals surface area contributed by atoms with Crippen molar-refractivity contribution < 1.29 is 9.47 Å². The lowest BCUT2D eigenvalue weighted by atomic mass is 10.1. The van der Waals surface area contributed by atoms with Gasteiger partial charge in [-0.2, -0.15) is 5.26 Å². The second kappa shape index (κ2) is 9.77. The Morgan fingerprint density at radius 3 is 2.51 bits per heavy atom. The third-order valence-electron chi connectivity index (χ3n) is 5.23. The van der Waals surface area contributed by atoms with Crippen molar-refractivity contribution in [1.82, 2.24) is 15.0 Å². The Hall–Kier alpha value is -5.16. The smallest absolute Gasteiger partial charge is 0.213 e. The van der Waals surface area contributed by atoms with E-state index in [-0.39, 0.29) is 0 Å². The zero-order valence-electron chi connectivity index (χ0n) is 18.6. The average molecular weight is 460 g/mol. The van der Waals surface area contributed by atoms with Crippen LogP contribution in [0.1, 0.15) is 11.1 Å². The van der Waals surface area contributed by atoms with Crippen LogP contribution in [0.3, 0.4) is 0 Å². The molecule has 0 unspecified atom stereocenters. The molecule has 8 heteroatoms. The minimum absolute atomic E-state index is 0.379. The summed E-state index contributed by atoms with van der Waals surface area (Å²) in [5.74, 6) is 1.58. The minimum atomic E-state index is 0.379. The first-order valence-electron chi connectivity index (χ1n) is 10.8. The molecular weight excluding hydrogens is 440 g/mol. The molecule has 0 fully saturated rings. The molecule has 0 radical (unpaired) electrons. The Kier molecular flexibility index (Phi) is 6.05. The van der Waals surface area contributed by atoms with Gasteiger partial charge in [-0.3, -0.25) is 9.97 Å². The predicted octanol–water partition coefficient (Wildman–Crippen LogP) is 5.59. The standard InChI is InChI=1S/C27H20N6O2/c28-14-19-15-31-24-13-25(35-21-8-10-30-11-9-21)23(29)12-22(24)27(19)33-20-6-7-26(32-16-20)34-17-18-4-2-1-3-5-18/h1-13,15-16H,17,29H2,(H,31,33). The zero-order valence-corrected chi connectivity index (χ0v) is 18.6. The summed E-state index contributed by atoms with van der Waals surface area (Å²) in [4.78, 5) is 12.8. The van der Waals surface area contributed by atoms with Crippen LogP contribution in [0.4, 0.5) is 17.1 Å². The molecule has 0 amide bonds. The van der Waals surface area contributed by atoms with Gasteiger partial charge in [-0.1, -0.05) is 30.3 Å². The van der Waals surface area contributed by atoms with Crippen molar-refractivity contribution >= 4 is 28.0 Å².